The molecule has 0 fully saturated rings. The van der Waals surface area contributed by atoms with Crippen LogP contribution in [-0.2, 0) is 4.79 Å². The van der Waals surface area contributed by atoms with Crippen LogP contribution in [-0.4, -0.2) is 24.4 Å². The van der Waals surface area contributed by atoms with Crippen molar-refractivity contribution in [2.24, 2.45) is 5.73 Å². The van der Waals surface area contributed by atoms with Crippen LogP contribution < -0.4 is 5.73 Å². The first kappa shape index (κ1) is 14.9. The maximum absolute atomic E-state index is 12.7. The Morgan fingerprint density at radius 2 is 1.94 bits per heavy atom. The molecule has 1 amide bonds. The summed E-state index contributed by atoms with van der Waals surface area (Å²) in [6.07, 6.45) is 0. The van der Waals surface area contributed by atoms with Crippen molar-refractivity contribution in [3.05, 3.63) is 35.6 Å². The van der Waals surface area contributed by atoms with Crippen LogP contribution in [0.1, 0.15) is 18.5 Å². The van der Waals surface area contributed by atoms with E-state index in [1.807, 2.05) is 6.92 Å². The van der Waals surface area contributed by atoms with Crippen molar-refractivity contribution >= 4 is 18.3 Å². The number of halogens is 2. The van der Waals surface area contributed by atoms with Crippen LogP contribution in [0, 0.1) is 5.82 Å². The predicted molar refractivity (Wildman–Crippen MR) is 63.9 cm³/mol. The van der Waals surface area contributed by atoms with E-state index in [9.17, 15) is 9.18 Å². The van der Waals surface area contributed by atoms with Gasteiger partial charge in [-0.15, -0.1) is 12.4 Å². The summed E-state index contributed by atoms with van der Waals surface area (Å²) in [5.74, 6) is -0.412. The molecule has 5 heteroatoms. The largest absolute Gasteiger partial charge is 0.338 e. The van der Waals surface area contributed by atoms with Crippen molar-refractivity contribution < 1.29 is 9.18 Å². The fraction of sp³-hybridized carbons (Fsp3) is 0.364. The van der Waals surface area contributed by atoms with Gasteiger partial charge in [-0.1, -0.05) is 12.1 Å². The van der Waals surface area contributed by atoms with E-state index < -0.39 is 0 Å². The second-order valence-corrected chi connectivity index (χ2v) is 3.44. The van der Waals surface area contributed by atoms with Gasteiger partial charge in [0.2, 0.25) is 5.91 Å². The normalized spacial score (nSPS) is 11.5. The fourth-order valence-corrected chi connectivity index (χ4v) is 1.32. The highest BCUT2D eigenvalue weighted by Crippen LogP contribution is 2.18. The molecular weight excluding hydrogens is 231 g/mol. The molecule has 0 aliphatic rings. The summed E-state index contributed by atoms with van der Waals surface area (Å²) in [5.41, 5.74) is 6.15. The lowest BCUT2D eigenvalue weighted by molar-refractivity contribution is -0.130. The van der Waals surface area contributed by atoms with E-state index in [0.717, 1.165) is 5.56 Å². The van der Waals surface area contributed by atoms with Crippen LogP contribution in [0.25, 0.3) is 0 Å². The van der Waals surface area contributed by atoms with Crippen LogP contribution in [0.5, 0.6) is 0 Å². The zero-order valence-corrected chi connectivity index (χ0v) is 10.1. The molecule has 16 heavy (non-hydrogen) atoms. The minimum absolute atomic E-state index is 0. The predicted octanol–water partition coefficient (Wildman–Crippen LogP) is 1.73. The Morgan fingerprint density at radius 1 is 1.44 bits per heavy atom. The number of likely N-dealkylation sites (N-methyl/N-ethyl adjacent to an activating group) is 1. The number of hydrogen-bond acceptors (Lipinski definition) is 2. The molecule has 90 valence electrons. The Hall–Kier alpha value is -1.13. The smallest absolute Gasteiger partial charge is 0.236 e. The third-order valence-electron chi connectivity index (χ3n) is 2.50. The number of carbonyl (C=O) groups is 1. The van der Waals surface area contributed by atoms with Crippen molar-refractivity contribution in [3.63, 3.8) is 0 Å². The molecule has 1 rings (SSSR count). The molecule has 0 aromatic heterocycles. The number of rotatable bonds is 3. The van der Waals surface area contributed by atoms with Crippen LogP contribution in [0.3, 0.4) is 0 Å². The van der Waals surface area contributed by atoms with Crippen molar-refractivity contribution in [1.29, 1.82) is 0 Å². The van der Waals surface area contributed by atoms with Gasteiger partial charge in [-0.25, -0.2) is 4.39 Å². The Balaban J connectivity index is 0.00000225. The minimum atomic E-state index is -0.279. The Labute approximate surface area is 101 Å². The molecule has 1 atom stereocenters. The summed E-state index contributed by atoms with van der Waals surface area (Å²) in [6.45, 7) is 1.86. The summed E-state index contributed by atoms with van der Waals surface area (Å²) in [5, 5.41) is 0. The van der Waals surface area contributed by atoms with Gasteiger partial charge in [0.15, 0.2) is 0 Å². The Bertz CT molecular complexity index is 342. The van der Waals surface area contributed by atoms with Crippen LogP contribution in [0.4, 0.5) is 4.39 Å². The number of amides is 1. The Kier molecular flexibility index (Phi) is 6.00. The summed E-state index contributed by atoms with van der Waals surface area (Å²) in [4.78, 5) is 12.9. The lowest BCUT2D eigenvalue weighted by Gasteiger charge is -2.24. The van der Waals surface area contributed by atoms with Crippen molar-refractivity contribution in [2.45, 2.75) is 13.0 Å². The van der Waals surface area contributed by atoms with Gasteiger partial charge >= 0.3 is 0 Å². The molecule has 2 N–H and O–H groups in total. The molecule has 1 aromatic carbocycles. The molecule has 0 heterocycles. The molecule has 3 nitrogen and oxygen atoms in total. The van der Waals surface area contributed by atoms with E-state index in [1.165, 1.54) is 12.1 Å². The quantitative estimate of drug-likeness (QED) is 0.883. The van der Waals surface area contributed by atoms with Crippen molar-refractivity contribution in [2.75, 3.05) is 13.6 Å². The standard InChI is InChI=1S/C11H15FN2O.ClH/c1-8(14(2)11(15)7-13)9-3-5-10(12)6-4-9;/h3-6,8H,7,13H2,1-2H3;1H. The van der Waals surface area contributed by atoms with Gasteiger partial charge in [0.25, 0.3) is 0 Å². The molecule has 0 radical (unpaired) electrons. The Morgan fingerprint density at radius 3 is 2.38 bits per heavy atom. The average Bonchev–Trinajstić information content (AvgIpc) is 2.27. The van der Waals surface area contributed by atoms with Gasteiger partial charge in [0, 0.05) is 7.05 Å². The SMILES string of the molecule is CC(c1ccc(F)cc1)N(C)C(=O)CN.Cl. The van der Waals surface area contributed by atoms with Crippen LogP contribution >= 0.6 is 12.4 Å². The lowest BCUT2D eigenvalue weighted by Crippen LogP contribution is -2.34. The third kappa shape index (κ3) is 3.47. The van der Waals surface area contributed by atoms with E-state index in [4.69, 9.17) is 5.73 Å². The van der Waals surface area contributed by atoms with Crippen molar-refractivity contribution in [3.8, 4) is 0 Å². The van der Waals surface area contributed by atoms with E-state index >= 15 is 0 Å². The maximum Gasteiger partial charge on any atom is 0.236 e. The fourth-order valence-electron chi connectivity index (χ4n) is 1.32. The monoisotopic (exact) mass is 246 g/mol. The molecule has 1 unspecified atom stereocenters. The van der Waals surface area contributed by atoms with Gasteiger partial charge in [-0.05, 0) is 24.6 Å². The summed E-state index contributed by atoms with van der Waals surface area (Å²) in [7, 11) is 1.68. The summed E-state index contributed by atoms with van der Waals surface area (Å²) < 4.78 is 12.7. The van der Waals surface area contributed by atoms with Gasteiger partial charge in [-0.2, -0.15) is 0 Å². The molecule has 0 aliphatic carbocycles. The zero-order chi connectivity index (χ0) is 11.4. The summed E-state index contributed by atoms with van der Waals surface area (Å²) >= 11 is 0. The number of hydrogen-bond donors (Lipinski definition) is 1. The van der Waals surface area contributed by atoms with Crippen LogP contribution in [0.15, 0.2) is 24.3 Å². The van der Waals surface area contributed by atoms with Crippen LogP contribution in [0.2, 0.25) is 0 Å². The zero-order valence-electron chi connectivity index (χ0n) is 9.31. The first-order chi connectivity index (χ1) is 7.06. The second kappa shape index (κ2) is 6.45. The first-order valence-corrected chi connectivity index (χ1v) is 4.77. The van der Waals surface area contributed by atoms with Gasteiger partial charge in [-0.3, -0.25) is 4.79 Å². The molecule has 0 aliphatic heterocycles. The highest BCUT2D eigenvalue weighted by Gasteiger charge is 2.15. The number of benzene rings is 1. The molecule has 1 aromatic rings. The average molecular weight is 247 g/mol. The molecule has 0 bridgehead atoms. The minimum Gasteiger partial charge on any atom is -0.338 e. The number of nitrogens with two attached hydrogens (primary N) is 1. The molecular formula is C11H16ClFN2O. The van der Waals surface area contributed by atoms with E-state index in [2.05, 4.69) is 0 Å². The van der Waals surface area contributed by atoms with E-state index in [0.29, 0.717) is 0 Å². The highest BCUT2D eigenvalue weighted by atomic mass is 35.5. The highest BCUT2D eigenvalue weighted by molar-refractivity contribution is 5.85. The van der Waals surface area contributed by atoms with Gasteiger partial charge in [0.1, 0.15) is 5.82 Å². The van der Waals surface area contributed by atoms with E-state index in [-0.39, 0.29) is 36.7 Å². The second-order valence-electron chi connectivity index (χ2n) is 3.44. The van der Waals surface area contributed by atoms with Gasteiger partial charge < -0.3 is 10.6 Å². The van der Waals surface area contributed by atoms with E-state index in [1.54, 1.807) is 24.1 Å². The summed E-state index contributed by atoms with van der Waals surface area (Å²) in [6, 6.07) is 6.00. The molecule has 0 spiro atoms. The maximum atomic E-state index is 12.7. The number of carbonyl (C=O) groups excluding carboxylic acids is 1. The molecule has 0 saturated carbocycles. The first-order valence-electron chi connectivity index (χ1n) is 4.77. The number of nitrogens with zero attached hydrogens (tertiary/aromatic N) is 1. The lowest BCUT2D eigenvalue weighted by atomic mass is 10.1. The van der Waals surface area contributed by atoms with Crippen molar-refractivity contribution in [1.82, 2.24) is 4.90 Å². The topological polar surface area (TPSA) is 46.3 Å². The van der Waals surface area contributed by atoms with Gasteiger partial charge in [0.05, 0.1) is 12.6 Å². The molecule has 0 saturated heterocycles. The third-order valence-corrected chi connectivity index (χ3v) is 2.50.